The summed E-state index contributed by atoms with van der Waals surface area (Å²) in [5.41, 5.74) is 3.56. The number of primary amides is 1. The molecule has 10 heteroatoms. The zero-order valence-corrected chi connectivity index (χ0v) is 23.6. The minimum atomic E-state index is -1.18. The summed E-state index contributed by atoms with van der Waals surface area (Å²) in [6.45, 7) is 16.1. The first-order valence-corrected chi connectivity index (χ1v) is 12.5. The van der Waals surface area contributed by atoms with Crippen LogP contribution < -0.4 is 16.4 Å². The Hall–Kier alpha value is -3.30. The van der Waals surface area contributed by atoms with Crippen LogP contribution in [0.3, 0.4) is 0 Å². The van der Waals surface area contributed by atoms with Crippen LogP contribution in [0, 0.1) is 0 Å². The molecular weight excluding hydrogens is 476 g/mol. The third kappa shape index (κ3) is 10.3. The van der Waals surface area contributed by atoms with Crippen LogP contribution in [-0.4, -0.2) is 56.5 Å². The van der Waals surface area contributed by atoms with Crippen molar-refractivity contribution in [3.63, 3.8) is 0 Å². The Morgan fingerprint density at radius 2 is 1.54 bits per heavy atom. The van der Waals surface area contributed by atoms with E-state index in [2.05, 4.69) is 10.6 Å². The molecule has 0 aromatic heterocycles. The first kappa shape index (κ1) is 31.7. The number of carbonyl (C=O) groups excluding carboxylic acids is 4. The lowest BCUT2D eigenvalue weighted by atomic mass is 9.91. The second-order valence-electron chi connectivity index (χ2n) is 11.8. The molecule has 0 saturated heterocycles. The molecule has 0 saturated carbocycles. The Labute approximate surface area is 220 Å². The van der Waals surface area contributed by atoms with Gasteiger partial charge in [-0.2, -0.15) is 0 Å². The zero-order valence-electron chi connectivity index (χ0n) is 23.6. The molecular formula is C27H44N4O6. The van der Waals surface area contributed by atoms with Gasteiger partial charge in [0.1, 0.15) is 23.4 Å². The van der Waals surface area contributed by atoms with E-state index < -0.39 is 52.6 Å². The van der Waals surface area contributed by atoms with Crippen molar-refractivity contribution in [3.05, 3.63) is 29.8 Å². The molecule has 1 rings (SSSR count). The second-order valence-corrected chi connectivity index (χ2v) is 11.8. The number of hydrogen-bond acceptors (Lipinski definition) is 6. The molecule has 0 fully saturated rings. The van der Waals surface area contributed by atoms with Crippen LogP contribution in [0.1, 0.15) is 93.2 Å². The van der Waals surface area contributed by atoms with Crippen molar-refractivity contribution in [2.24, 2.45) is 5.73 Å². The number of benzene rings is 1. The molecule has 0 radical (unpaired) electrons. The summed E-state index contributed by atoms with van der Waals surface area (Å²) < 4.78 is 5.34. The van der Waals surface area contributed by atoms with Gasteiger partial charge >= 0.3 is 6.09 Å². The summed E-state index contributed by atoms with van der Waals surface area (Å²) in [6.07, 6.45) is -0.590. The number of ether oxygens (including phenoxy) is 1. The number of hydrogen-bond donors (Lipinski definition) is 4. The average molecular weight is 521 g/mol. The summed E-state index contributed by atoms with van der Waals surface area (Å²) >= 11 is 0. The summed E-state index contributed by atoms with van der Waals surface area (Å²) in [5.74, 6) is -1.62. The molecule has 37 heavy (non-hydrogen) atoms. The van der Waals surface area contributed by atoms with Crippen molar-refractivity contribution in [1.82, 2.24) is 15.5 Å². The van der Waals surface area contributed by atoms with Gasteiger partial charge in [0.05, 0.1) is 0 Å². The normalized spacial score (nSPS) is 13.8. The van der Waals surface area contributed by atoms with Crippen molar-refractivity contribution in [2.75, 3.05) is 0 Å². The molecule has 1 aromatic carbocycles. The number of aromatic hydroxyl groups is 1. The Bertz CT molecular complexity index is 961. The van der Waals surface area contributed by atoms with E-state index in [4.69, 9.17) is 10.5 Å². The van der Waals surface area contributed by atoms with E-state index in [9.17, 15) is 24.3 Å². The van der Waals surface area contributed by atoms with Gasteiger partial charge in [0.15, 0.2) is 0 Å². The van der Waals surface area contributed by atoms with Gasteiger partial charge in [0, 0.05) is 17.5 Å². The Balaban J connectivity index is 3.67. The van der Waals surface area contributed by atoms with Gasteiger partial charge in [-0.15, -0.1) is 0 Å². The van der Waals surface area contributed by atoms with E-state index >= 15 is 0 Å². The monoisotopic (exact) mass is 520 g/mol. The number of nitrogens with one attached hydrogen (secondary N) is 2. The van der Waals surface area contributed by atoms with E-state index in [1.807, 2.05) is 41.5 Å². The number of nitrogens with two attached hydrogens (primary N) is 1. The van der Waals surface area contributed by atoms with Gasteiger partial charge in [0.25, 0.3) is 0 Å². The number of amides is 4. The molecule has 208 valence electrons. The molecule has 4 amide bonds. The van der Waals surface area contributed by atoms with Crippen LogP contribution in [0.15, 0.2) is 24.3 Å². The van der Waals surface area contributed by atoms with Crippen LogP contribution in [0.4, 0.5) is 4.79 Å². The number of nitrogens with zero attached hydrogens (tertiary/aromatic N) is 1. The fourth-order valence-corrected chi connectivity index (χ4v) is 3.62. The van der Waals surface area contributed by atoms with Gasteiger partial charge in [-0.05, 0) is 85.9 Å². The molecule has 0 aliphatic carbocycles. The maximum atomic E-state index is 14.2. The van der Waals surface area contributed by atoms with Crippen LogP contribution in [0.2, 0.25) is 0 Å². The second kappa shape index (κ2) is 12.3. The number of rotatable bonds is 10. The minimum Gasteiger partial charge on any atom is -0.508 e. The van der Waals surface area contributed by atoms with Gasteiger partial charge in [0.2, 0.25) is 17.7 Å². The van der Waals surface area contributed by atoms with Crippen molar-refractivity contribution < 1.29 is 29.0 Å². The molecule has 0 heterocycles. The maximum absolute atomic E-state index is 14.2. The number of alkyl carbamates (subject to hydrolysis) is 1. The summed E-state index contributed by atoms with van der Waals surface area (Å²) in [7, 11) is 0. The molecule has 10 nitrogen and oxygen atoms in total. The fraction of sp³-hybridized carbons (Fsp3) is 0.630. The van der Waals surface area contributed by atoms with Crippen molar-refractivity contribution in [2.45, 2.75) is 110 Å². The smallest absolute Gasteiger partial charge is 0.408 e. The molecule has 1 aromatic rings. The Morgan fingerprint density at radius 1 is 1.00 bits per heavy atom. The molecule has 0 spiro atoms. The first-order valence-electron chi connectivity index (χ1n) is 12.5. The third-order valence-corrected chi connectivity index (χ3v) is 5.64. The molecule has 5 N–H and O–H groups in total. The van der Waals surface area contributed by atoms with Crippen molar-refractivity contribution in [3.8, 4) is 5.75 Å². The molecule has 0 aliphatic heterocycles. The molecule has 2 unspecified atom stereocenters. The lowest BCUT2D eigenvalue weighted by Gasteiger charge is -2.45. The highest BCUT2D eigenvalue weighted by molar-refractivity contribution is 5.93. The van der Waals surface area contributed by atoms with Crippen LogP contribution in [-0.2, 0) is 19.1 Å². The number of phenols is 1. The molecule has 2 atom stereocenters. The highest BCUT2D eigenvalue weighted by Crippen LogP contribution is 2.33. The van der Waals surface area contributed by atoms with Gasteiger partial charge in [-0.1, -0.05) is 19.1 Å². The predicted octanol–water partition coefficient (Wildman–Crippen LogP) is 3.52. The topological polar surface area (TPSA) is 151 Å². The summed E-state index contributed by atoms with van der Waals surface area (Å²) in [6, 6.07) is 3.76. The maximum Gasteiger partial charge on any atom is 0.408 e. The first-order chi connectivity index (χ1) is 16.8. The Morgan fingerprint density at radius 3 is 1.97 bits per heavy atom. The standard InChI is InChI=1S/C27H44N4O6/c1-10-27(8,9)31(21(22(34)30-25(2,3)4)17-11-13-18(32)14-12-17)23(35)19(15-16-20(28)33)29-24(36)37-26(5,6)7/h11-14,19,21,32H,10,15-16H2,1-9H3,(H2,28,33)(H,29,36)(H,30,34). The van der Waals surface area contributed by atoms with E-state index in [1.54, 1.807) is 32.9 Å². The van der Waals surface area contributed by atoms with Gasteiger partial charge in [-0.25, -0.2) is 4.79 Å². The predicted molar refractivity (Wildman–Crippen MR) is 142 cm³/mol. The fourth-order valence-electron chi connectivity index (χ4n) is 3.62. The largest absolute Gasteiger partial charge is 0.508 e. The van der Waals surface area contributed by atoms with Crippen LogP contribution >= 0.6 is 0 Å². The van der Waals surface area contributed by atoms with E-state index in [-0.39, 0.29) is 18.6 Å². The lowest BCUT2D eigenvalue weighted by Crippen LogP contribution is -2.60. The summed E-state index contributed by atoms with van der Waals surface area (Å²) in [5, 5.41) is 15.4. The minimum absolute atomic E-state index is 0.0114. The Kier molecular flexibility index (Phi) is 10.5. The third-order valence-electron chi connectivity index (χ3n) is 5.64. The van der Waals surface area contributed by atoms with Crippen molar-refractivity contribution >= 4 is 23.8 Å². The number of phenolic OH excluding ortho intramolecular Hbond substituents is 1. The van der Waals surface area contributed by atoms with Gasteiger partial charge < -0.3 is 31.1 Å². The lowest BCUT2D eigenvalue weighted by molar-refractivity contribution is -0.150. The highest BCUT2D eigenvalue weighted by atomic mass is 16.6. The average Bonchev–Trinajstić information content (AvgIpc) is 2.72. The molecule has 0 aliphatic rings. The van der Waals surface area contributed by atoms with E-state index in [1.165, 1.54) is 17.0 Å². The van der Waals surface area contributed by atoms with E-state index in [0.717, 1.165) is 0 Å². The van der Waals surface area contributed by atoms with Gasteiger partial charge in [-0.3, -0.25) is 14.4 Å². The quantitative estimate of drug-likeness (QED) is 0.370. The SMILES string of the molecule is CCC(C)(C)N(C(=O)C(CCC(N)=O)NC(=O)OC(C)(C)C)C(C(=O)NC(C)(C)C)c1ccc(O)cc1. The summed E-state index contributed by atoms with van der Waals surface area (Å²) in [4.78, 5) is 53.5. The zero-order chi connectivity index (χ0) is 28.8. The van der Waals surface area contributed by atoms with Crippen LogP contribution in [0.5, 0.6) is 5.75 Å². The van der Waals surface area contributed by atoms with Crippen LogP contribution in [0.25, 0.3) is 0 Å². The van der Waals surface area contributed by atoms with E-state index in [0.29, 0.717) is 12.0 Å². The highest BCUT2D eigenvalue weighted by Gasteiger charge is 2.43. The van der Waals surface area contributed by atoms with Crippen molar-refractivity contribution in [1.29, 1.82) is 0 Å². The molecule has 0 bridgehead atoms. The number of carbonyl (C=O) groups is 4.